The van der Waals surface area contributed by atoms with Crippen molar-refractivity contribution in [3.8, 4) is 46.6 Å². The average Bonchev–Trinajstić information content (AvgIpc) is 4.16. The molecule has 6 heterocycles. The Morgan fingerprint density at radius 3 is 0.614 bits per heavy atom. The zero-order valence-electron chi connectivity index (χ0n) is 37.3. The molecule has 0 aliphatic heterocycles. The normalized spacial score (nSPS) is 12.0. The van der Waals surface area contributed by atoms with Crippen LogP contribution in [0.15, 0.2) is 218 Å². The van der Waals surface area contributed by atoms with Gasteiger partial charge in [-0.25, -0.2) is 0 Å². The summed E-state index contributed by atoms with van der Waals surface area (Å²) in [6, 6.07) is 75.6. The van der Waals surface area contributed by atoms with E-state index in [1.54, 1.807) is 0 Å². The quantitative estimate of drug-likeness (QED) is 0.165. The van der Waals surface area contributed by atoms with Crippen molar-refractivity contribution >= 4 is 87.2 Å². The van der Waals surface area contributed by atoms with Gasteiger partial charge < -0.3 is 0 Å². The summed E-state index contributed by atoms with van der Waals surface area (Å²) in [6.07, 6.45) is 0. The molecule has 0 saturated carbocycles. The van der Waals surface area contributed by atoms with Crippen molar-refractivity contribution in [3.05, 3.63) is 218 Å². The molecule has 15 rings (SSSR count). The summed E-state index contributed by atoms with van der Waals surface area (Å²) in [5.74, 6) is 3.04. The third-order valence-electron chi connectivity index (χ3n) is 13.7. The van der Waals surface area contributed by atoms with Crippen molar-refractivity contribution in [1.82, 2.24) is 48.2 Å². The largest absolute Gasteiger partial charge is 0.278 e. The lowest BCUT2D eigenvalue weighted by Crippen LogP contribution is -2.11. The highest BCUT2D eigenvalue weighted by Gasteiger charge is 2.23. The van der Waals surface area contributed by atoms with Crippen LogP contribution in [0.5, 0.6) is 0 Å². The Bertz CT molecular complexity index is 3860. The second-order valence-electron chi connectivity index (χ2n) is 17.6. The summed E-state index contributed by atoms with van der Waals surface area (Å²) in [4.78, 5) is 32.2. The van der Waals surface area contributed by atoms with E-state index in [1.807, 2.05) is 18.2 Å². The Balaban J connectivity index is 0.993. The number of rotatable bonds is 6. The smallest absolute Gasteiger partial charge is 0.240 e. The van der Waals surface area contributed by atoms with Crippen molar-refractivity contribution in [2.75, 3.05) is 0 Å². The zero-order valence-corrected chi connectivity index (χ0v) is 37.3. The van der Waals surface area contributed by atoms with E-state index < -0.39 is 0 Å². The number of hydrogen-bond acceptors (Lipinski definition) is 6. The van der Waals surface area contributed by atoms with Crippen LogP contribution in [0.1, 0.15) is 0 Å². The fourth-order valence-corrected chi connectivity index (χ4v) is 10.7. The maximum absolute atomic E-state index is 5.37. The molecular weight excluding hydrogens is 861 g/mol. The molecule has 0 atom stereocenters. The molecule has 70 heavy (non-hydrogen) atoms. The van der Waals surface area contributed by atoms with Crippen LogP contribution in [0.4, 0.5) is 0 Å². The molecule has 0 amide bonds. The number of aromatic nitrogens is 10. The Labute approximate surface area is 398 Å². The van der Waals surface area contributed by atoms with E-state index in [1.165, 1.54) is 0 Å². The van der Waals surface area contributed by atoms with Crippen LogP contribution >= 0.6 is 0 Å². The first-order chi connectivity index (χ1) is 34.7. The van der Waals surface area contributed by atoms with Gasteiger partial charge in [0.1, 0.15) is 0 Å². The van der Waals surface area contributed by atoms with Crippen molar-refractivity contribution in [1.29, 1.82) is 0 Å². The lowest BCUT2D eigenvalue weighted by Gasteiger charge is -2.14. The molecule has 6 aromatic heterocycles. The van der Waals surface area contributed by atoms with Gasteiger partial charge in [0.15, 0.2) is 11.6 Å². The van der Waals surface area contributed by atoms with Gasteiger partial charge in [0.05, 0.1) is 44.1 Å². The molecule has 15 aromatic rings. The number of para-hydroxylation sites is 8. The van der Waals surface area contributed by atoms with Crippen molar-refractivity contribution in [2.24, 2.45) is 0 Å². The van der Waals surface area contributed by atoms with Crippen LogP contribution in [0.3, 0.4) is 0 Å². The highest BCUT2D eigenvalue weighted by atomic mass is 15.3. The van der Waals surface area contributed by atoms with Gasteiger partial charge in [0, 0.05) is 54.2 Å². The van der Waals surface area contributed by atoms with Crippen LogP contribution < -0.4 is 0 Å². The van der Waals surface area contributed by atoms with Gasteiger partial charge in [0.2, 0.25) is 23.8 Å². The predicted octanol–water partition coefficient (Wildman–Crippen LogP) is 13.8. The lowest BCUT2D eigenvalue weighted by molar-refractivity contribution is 0.891. The van der Waals surface area contributed by atoms with E-state index in [4.69, 9.17) is 29.9 Å². The van der Waals surface area contributed by atoms with E-state index in [0.717, 1.165) is 98.4 Å². The lowest BCUT2D eigenvalue weighted by atomic mass is 10.1. The molecule has 0 fully saturated rings. The standard InChI is InChI=1S/C60H36N10/c1-9-28-47-39(20-1)40-21-2-10-29-48(40)67(47)57-61-55(62-58(65-57)68-49-30-11-3-22-41(49)42-23-4-12-31-50(42)68)37-18-17-19-38(36-37)56-63-59(69-51-32-13-5-24-43(51)44-25-6-14-33-52(44)69)66-60(64-56)70-53-34-15-7-26-45(53)46-27-8-16-35-54(46)70/h1-36H. The molecule has 0 saturated heterocycles. The van der Waals surface area contributed by atoms with Crippen LogP contribution in [0, 0.1) is 0 Å². The summed E-state index contributed by atoms with van der Waals surface area (Å²) in [6.45, 7) is 0. The van der Waals surface area contributed by atoms with Gasteiger partial charge in [-0.2, -0.15) is 29.9 Å². The second kappa shape index (κ2) is 14.9. The fourth-order valence-electron chi connectivity index (χ4n) is 10.7. The van der Waals surface area contributed by atoms with E-state index in [2.05, 4.69) is 218 Å². The molecule has 0 radical (unpaired) electrons. The van der Waals surface area contributed by atoms with Crippen LogP contribution in [-0.4, -0.2) is 48.2 Å². The third kappa shape index (κ3) is 5.61. The maximum atomic E-state index is 5.37. The second-order valence-corrected chi connectivity index (χ2v) is 17.6. The van der Waals surface area contributed by atoms with Crippen LogP contribution in [0.25, 0.3) is 134 Å². The summed E-state index contributed by atoms with van der Waals surface area (Å²) in [5.41, 5.74) is 9.58. The van der Waals surface area contributed by atoms with Gasteiger partial charge >= 0.3 is 0 Å². The summed E-state index contributed by atoms with van der Waals surface area (Å²) in [5, 5.41) is 8.95. The molecule has 0 aliphatic rings. The van der Waals surface area contributed by atoms with Crippen LogP contribution in [0.2, 0.25) is 0 Å². The minimum absolute atomic E-state index is 0.505. The Morgan fingerprint density at radius 2 is 0.400 bits per heavy atom. The number of hydrogen-bond donors (Lipinski definition) is 0. The number of nitrogens with zero attached hydrogens (tertiary/aromatic N) is 10. The van der Waals surface area contributed by atoms with Gasteiger partial charge in [-0.15, -0.1) is 0 Å². The SMILES string of the molecule is c1cc(-c2nc(-n3c4ccccc4c4ccccc43)nc(-n3c4ccccc4c4ccccc43)n2)cc(-c2nc(-n3c4ccccc4c4ccccc43)nc(-n3c4ccccc4c4ccccc43)n2)c1. The number of benzene rings is 9. The molecule has 0 aliphatic carbocycles. The minimum atomic E-state index is 0.505. The van der Waals surface area contributed by atoms with Gasteiger partial charge in [-0.05, 0) is 54.6 Å². The van der Waals surface area contributed by atoms with Crippen molar-refractivity contribution in [2.45, 2.75) is 0 Å². The molecule has 10 nitrogen and oxygen atoms in total. The Hall–Kier alpha value is -9.80. The van der Waals surface area contributed by atoms with Crippen molar-refractivity contribution < 1.29 is 0 Å². The maximum Gasteiger partial charge on any atom is 0.240 e. The first-order valence-electron chi connectivity index (χ1n) is 23.3. The molecule has 326 valence electrons. The number of fused-ring (bicyclic) bond motifs is 12. The predicted molar refractivity (Wildman–Crippen MR) is 281 cm³/mol. The topological polar surface area (TPSA) is 97.1 Å². The fraction of sp³-hybridized carbons (Fsp3) is 0. The van der Waals surface area contributed by atoms with Crippen molar-refractivity contribution in [3.63, 3.8) is 0 Å². The highest BCUT2D eigenvalue weighted by Crippen LogP contribution is 2.37. The monoisotopic (exact) mass is 896 g/mol. The van der Waals surface area contributed by atoms with E-state index in [-0.39, 0.29) is 0 Å². The van der Waals surface area contributed by atoms with E-state index >= 15 is 0 Å². The summed E-state index contributed by atoms with van der Waals surface area (Å²) in [7, 11) is 0. The van der Waals surface area contributed by atoms with E-state index in [9.17, 15) is 0 Å². The third-order valence-corrected chi connectivity index (χ3v) is 13.7. The van der Waals surface area contributed by atoms with Crippen LogP contribution in [-0.2, 0) is 0 Å². The highest BCUT2D eigenvalue weighted by molar-refractivity contribution is 6.12. The Kier molecular flexibility index (Phi) is 8.13. The molecular formula is C60H36N10. The average molecular weight is 897 g/mol. The first-order valence-corrected chi connectivity index (χ1v) is 23.3. The molecule has 0 unspecified atom stereocenters. The summed E-state index contributed by atoms with van der Waals surface area (Å²) >= 11 is 0. The molecule has 0 bridgehead atoms. The minimum Gasteiger partial charge on any atom is -0.278 e. The van der Waals surface area contributed by atoms with E-state index in [0.29, 0.717) is 35.4 Å². The molecule has 9 aromatic carbocycles. The summed E-state index contributed by atoms with van der Waals surface area (Å²) < 4.78 is 8.61. The zero-order chi connectivity index (χ0) is 45.9. The molecule has 0 N–H and O–H groups in total. The van der Waals surface area contributed by atoms with Gasteiger partial charge in [0.25, 0.3) is 0 Å². The Morgan fingerprint density at radius 1 is 0.200 bits per heavy atom. The molecule has 0 spiro atoms. The van der Waals surface area contributed by atoms with Gasteiger partial charge in [-0.3, -0.25) is 18.3 Å². The first kappa shape index (κ1) is 38.3. The van der Waals surface area contributed by atoms with Gasteiger partial charge in [-0.1, -0.05) is 164 Å². The molecule has 10 heteroatoms.